The number of alkyl halides is 2. The van der Waals surface area contributed by atoms with Crippen LogP contribution in [0.2, 0.25) is 0 Å². The van der Waals surface area contributed by atoms with Crippen LogP contribution in [-0.4, -0.2) is 53.1 Å². The van der Waals surface area contributed by atoms with Gasteiger partial charge in [-0.05, 0) is 29.8 Å². The Morgan fingerprint density at radius 2 is 1.79 bits per heavy atom. The summed E-state index contributed by atoms with van der Waals surface area (Å²) in [4.78, 5) is 6.47. The summed E-state index contributed by atoms with van der Waals surface area (Å²) in [7, 11) is -2.51. The van der Waals surface area contributed by atoms with Crippen molar-refractivity contribution in [1.82, 2.24) is 10.3 Å². The Kier molecular flexibility index (Phi) is 6.53. The van der Waals surface area contributed by atoms with E-state index in [-0.39, 0.29) is 16.5 Å². The van der Waals surface area contributed by atoms with Crippen LogP contribution < -0.4 is 19.7 Å². The predicted octanol–water partition coefficient (Wildman–Crippen LogP) is 2.67. The molecule has 7 nitrogen and oxygen atoms in total. The Morgan fingerprint density at radius 3 is 2.38 bits per heavy atom. The van der Waals surface area contributed by atoms with Crippen molar-refractivity contribution < 1.29 is 21.9 Å². The second-order valence-electron chi connectivity index (χ2n) is 6.76. The highest BCUT2D eigenvalue weighted by atomic mass is 32.2. The molecule has 0 amide bonds. The molecule has 1 aromatic heterocycles. The van der Waals surface area contributed by atoms with E-state index < -0.39 is 22.4 Å². The van der Waals surface area contributed by atoms with Gasteiger partial charge >= 0.3 is 0 Å². The van der Waals surface area contributed by atoms with Crippen molar-refractivity contribution in [3.63, 3.8) is 0 Å². The first-order chi connectivity index (χ1) is 13.8. The number of nitrogens with one attached hydrogen (secondary N) is 2. The maximum Gasteiger partial charge on any atom is 0.262 e. The third-order valence-electron chi connectivity index (χ3n) is 4.82. The number of halogens is 2. The van der Waals surface area contributed by atoms with Crippen LogP contribution in [-0.2, 0) is 10.0 Å². The minimum atomic E-state index is -3.93. The van der Waals surface area contributed by atoms with E-state index in [2.05, 4.69) is 19.9 Å². The zero-order chi connectivity index (χ0) is 21.0. The predicted molar refractivity (Wildman–Crippen MR) is 108 cm³/mol. The Labute approximate surface area is 169 Å². The molecular formula is C19H24F2N4O3S. The maximum absolute atomic E-state index is 12.8. The summed E-state index contributed by atoms with van der Waals surface area (Å²) in [6, 6.07) is 8.76. The number of nitrogens with zero attached hydrogens (tertiary/aromatic N) is 2. The standard InChI is InChI=1S/C19H24F2N4O3S/c1-13(18(20)21)14-3-5-15(6-4-14)29(26,27)24-16-7-8-17(23-19(16)28-2)25-11-9-22-10-12-25/h3-8,13,18,22,24H,9-12H2,1-2H3/t13-/m0/s1. The largest absolute Gasteiger partial charge is 0.479 e. The Balaban J connectivity index is 1.80. The van der Waals surface area contributed by atoms with E-state index in [1.165, 1.54) is 38.3 Å². The fourth-order valence-corrected chi connectivity index (χ4v) is 4.09. The molecule has 1 fully saturated rings. The second-order valence-corrected chi connectivity index (χ2v) is 8.44. The minimum Gasteiger partial charge on any atom is -0.479 e. The van der Waals surface area contributed by atoms with Crippen LogP contribution in [0.1, 0.15) is 18.4 Å². The van der Waals surface area contributed by atoms with E-state index in [0.717, 1.165) is 26.2 Å². The molecule has 1 saturated heterocycles. The minimum absolute atomic E-state index is 0.0315. The van der Waals surface area contributed by atoms with Crippen molar-refractivity contribution in [3.05, 3.63) is 42.0 Å². The lowest BCUT2D eigenvalue weighted by Crippen LogP contribution is -2.43. The van der Waals surface area contributed by atoms with Crippen LogP contribution in [0.3, 0.4) is 0 Å². The number of benzene rings is 1. The normalized spacial score (nSPS) is 16.0. The monoisotopic (exact) mass is 426 g/mol. The van der Waals surface area contributed by atoms with Crippen LogP contribution >= 0.6 is 0 Å². The lowest BCUT2D eigenvalue weighted by molar-refractivity contribution is 0.121. The first-order valence-electron chi connectivity index (χ1n) is 9.23. The first-order valence-corrected chi connectivity index (χ1v) is 10.7. The molecule has 1 atom stereocenters. The number of rotatable bonds is 7. The SMILES string of the molecule is COc1nc(N2CCNCC2)ccc1NS(=O)(=O)c1ccc([C@H](C)C(F)F)cc1. The van der Waals surface area contributed by atoms with E-state index in [1.54, 1.807) is 12.1 Å². The Bertz CT molecular complexity index is 933. The number of anilines is 2. The number of piperazine rings is 1. The van der Waals surface area contributed by atoms with E-state index in [9.17, 15) is 17.2 Å². The van der Waals surface area contributed by atoms with Gasteiger partial charge < -0.3 is 15.0 Å². The van der Waals surface area contributed by atoms with Gasteiger partial charge in [0.15, 0.2) is 0 Å². The van der Waals surface area contributed by atoms with Crippen molar-refractivity contribution in [2.24, 2.45) is 0 Å². The van der Waals surface area contributed by atoms with E-state index in [4.69, 9.17) is 4.74 Å². The summed E-state index contributed by atoms with van der Waals surface area (Å²) in [5, 5.41) is 3.26. The van der Waals surface area contributed by atoms with Gasteiger partial charge in [0.2, 0.25) is 12.3 Å². The molecule has 2 N–H and O–H groups in total. The molecule has 0 aliphatic carbocycles. The molecule has 0 spiro atoms. The molecule has 2 heterocycles. The zero-order valence-electron chi connectivity index (χ0n) is 16.2. The van der Waals surface area contributed by atoms with Crippen LogP contribution in [0.4, 0.5) is 20.3 Å². The molecule has 29 heavy (non-hydrogen) atoms. The summed E-state index contributed by atoms with van der Waals surface area (Å²) in [5.41, 5.74) is 0.579. The third-order valence-corrected chi connectivity index (χ3v) is 6.20. The van der Waals surface area contributed by atoms with Gasteiger partial charge in [0.1, 0.15) is 11.5 Å². The summed E-state index contributed by atoms with van der Waals surface area (Å²) < 4.78 is 58.8. The molecular weight excluding hydrogens is 402 g/mol. The van der Waals surface area contributed by atoms with Crippen molar-refractivity contribution in [2.45, 2.75) is 24.2 Å². The smallest absolute Gasteiger partial charge is 0.262 e. The molecule has 0 bridgehead atoms. The van der Waals surface area contributed by atoms with Gasteiger partial charge in [-0.1, -0.05) is 19.1 Å². The van der Waals surface area contributed by atoms with Gasteiger partial charge in [-0.3, -0.25) is 4.72 Å². The van der Waals surface area contributed by atoms with Gasteiger partial charge in [-0.15, -0.1) is 0 Å². The number of aromatic nitrogens is 1. The second kappa shape index (κ2) is 8.91. The maximum atomic E-state index is 12.8. The van der Waals surface area contributed by atoms with E-state index in [1.807, 2.05) is 0 Å². The molecule has 3 rings (SSSR count). The fourth-order valence-electron chi connectivity index (χ4n) is 3.03. The summed E-state index contributed by atoms with van der Waals surface area (Å²) in [6.07, 6.45) is -2.51. The van der Waals surface area contributed by atoms with Crippen LogP contribution in [0, 0.1) is 0 Å². The number of methoxy groups -OCH3 is 1. The average molecular weight is 426 g/mol. The van der Waals surface area contributed by atoms with Crippen LogP contribution in [0.15, 0.2) is 41.3 Å². The van der Waals surface area contributed by atoms with Crippen molar-refractivity contribution in [1.29, 1.82) is 0 Å². The molecule has 1 aliphatic rings. The quantitative estimate of drug-likeness (QED) is 0.708. The summed E-state index contributed by atoms with van der Waals surface area (Å²) >= 11 is 0. The van der Waals surface area contributed by atoms with Crippen LogP contribution in [0.5, 0.6) is 5.88 Å². The van der Waals surface area contributed by atoms with E-state index in [0.29, 0.717) is 11.4 Å². The van der Waals surface area contributed by atoms with Crippen molar-refractivity contribution in [3.8, 4) is 5.88 Å². The van der Waals surface area contributed by atoms with Gasteiger partial charge in [0.05, 0.1) is 12.0 Å². The molecule has 158 valence electrons. The number of ether oxygens (including phenoxy) is 1. The molecule has 0 saturated carbocycles. The Hall–Kier alpha value is -2.46. The molecule has 2 aromatic rings. The highest BCUT2D eigenvalue weighted by Crippen LogP contribution is 2.29. The fraction of sp³-hybridized carbons (Fsp3) is 0.421. The molecule has 10 heteroatoms. The highest BCUT2D eigenvalue weighted by Gasteiger charge is 2.21. The average Bonchev–Trinajstić information content (AvgIpc) is 2.74. The number of hydrogen-bond acceptors (Lipinski definition) is 6. The molecule has 1 aliphatic heterocycles. The van der Waals surface area contributed by atoms with Gasteiger partial charge in [0.25, 0.3) is 10.0 Å². The topological polar surface area (TPSA) is 83.6 Å². The lowest BCUT2D eigenvalue weighted by Gasteiger charge is -2.28. The van der Waals surface area contributed by atoms with Crippen molar-refractivity contribution in [2.75, 3.05) is 42.9 Å². The van der Waals surface area contributed by atoms with Gasteiger partial charge in [-0.2, -0.15) is 4.98 Å². The molecule has 0 radical (unpaired) electrons. The summed E-state index contributed by atoms with van der Waals surface area (Å²) in [5.74, 6) is -0.106. The van der Waals surface area contributed by atoms with Gasteiger partial charge in [0, 0.05) is 32.1 Å². The zero-order valence-corrected chi connectivity index (χ0v) is 17.0. The molecule has 0 unspecified atom stereocenters. The summed E-state index contributed by atoms with van der Waals surface area (Å²) in [6.45, 7) is 4.68. The van der Waals surface area contributed by atoms with Gasteiger partial charge in [-0.25, -0.2) is 17.2 Å². The number of sulfonamides is 1. The number of pyridine rings is 1. The highest BCUT2D eigenvalue weighted by molar-refractivity contribution is 7.92. The first kappa shape index (κ1) is 21.3. The van der Waals surface area contributed by atoms with Crippen molar-refractivity contribution >= 4 is 21.5 Å². The van der Waals surface area contributed by atoms with E-state index >= 15 is 0 Å². The number of hydrogen-bond donors (Lipinski definition) is 2. The van der Waals surface area contributed by atoms with Crippen LogP contribution in [0.25, 0.3) is 0 Å². The molecule has 1 aromatic carbocycles. The Morgan fingerprint density at radius 1 is 1.14 bits per heavy atom. The lowest BCUT2D eigenvalue weighted by atomic mass is 10.0. The third kappa shape index (κ3) is 4.94.